The summed E-state index contributed by atoms with van der Waals surface area (Å²) in [6.07, 6.45) is -4.97. The first-order valence-corrected chi connectivity index (χ1v) is 9.18. The summed E-state index contributed by atoms with van der Waals surface area (Å²) in [7, 11) is 1.25. The van der Waals surface area contributed by atoms with Crippen molar-refractivity contribution in [3.8, 4) is 0 Å². The van der Waals surface area contributed by atoms with Crippen LogP contribution in [0.3, 0.4) is 0 Å². The Morgan fingerprint density at radius 3 is 2.68 bits per heavy atom. The molecule has 0 bridgehead atoms. The molecule has 1 unspecified atom stereocenters. The zero-order valence-corrected chi connectivity index (χ0v) is 16.1. The van der Waals surface area contributed by atoms with Crippen molar-refractivity contribution in [2.45, 2.75) is 18.6 Å². The predicted octanol–water partition coefficient (Wildman–Crippen LogP) is 2.67. The Bertz CT molecular complexity index is 1220. The van der Waals surface area contributed by atoms with Crippen LogP contribution in [0.5, 0.6) is 0 Å². The average molecular weight is 431 g/mol. The number of anilines is 2. The number of nitrogens with zero attached hydrogens (tertiary/aromatic N) is 2. The molecule has 0 radical (unpaired) electrons. The summed E-state index contributed by atoms with van der Waals surface area (Å²) < 4.78 is 40.0. The van der Waals surface area contributed by atoms with Gasteiger partial charge in [-0.15, -0.1) is 0 Å². The first kappa shape index (κ1) is 20.4. The molecular formula is C20H16F3N5O3. The van der Waals surface area contributed by atoms with Gasteiger partial charge in [0.2, 0.25) is 17.6 Å². The lowest BCUT2D eigenvalue weighted by Gasteiger charge is -2.14. The first-order valence-electron chi connectivity index (χ1n) is 9.18. The van der Waals surface area contributed by atoms with Gasteiger partial charge >= 0.3 is 6.18 Å². The number of carbonyl (C=O) groups is 3. The van der Waals surface area contributed by atoms with Crippen LogP contribution in [0.1, 0.15) is 22.6 Å². The normalized spacial score (nSPS) is 16.3. The van der Waals surface area contributed by atoms with E-state index in [0.717, 1.165) is 4.57 Å². The number of halogens is 3. The molecule has 3 amide bonds. The lowest BCUT2D eigenvalue weighted by molar-refractivity contribution is -0.146. The fourth-order valence-corrected chi connectivity index (χ4v) is 3.38. The van der Waals surface area contributed by atoms with Crippen molar-refractivity contribution in [1.82, 2.24) is 14.9 Å². The minimum atomic E-state index is -4.61. The molecule has 0 fully saturated rings. The maximum absolute atomic E-state index is 13.0. The summed E-state index contributed by atoms with van der Waals surface area (Å²) in [6, 6.07) is 9.47. The average Bonchev–Trinajstić information content (AvgIpc) is 2.98. The van der Waals surface area contributed by atoms with Crippen LogP contribution in [-0.4, -0.2) is 33.3 Å². The van der Waals surface area contributed by atoms with Gasteiger partial charge in [0.05, 0.1) is 28.7 Å². The summed E-state index contributed by atoms with van der Waals surface area (Å²) in [6.45, 7) is 0. The van der Waals surface area contributed by atoms with Crippen molar-refractivity contribution in [1.29, 1.82) is 0 Å². The van der Waals surface area contributed by atoms with E-state index in [-0.39, 0.29) is 28.7 Å². The number of alkyl halides is 3. The van der Waals surface area contributed by atoms with Crippen LogP contribution in [0.25, 0.3) is 11.0 Å². The van der Waals surface area contributed by atoms with E-state index in [1.54, 1.807) is 24.3 Å². The Morgan fingerprint density at radius 2 is 1.94 bits per heavy atom. The number of nitrogens with one attached hydrogen (secondary N) is 3. The summed E-state index contributed by atoms with van der Waals surface area (Å²) in [5.41, 5.74) is 1.14. The van der Waals surface area contributed by atoms with Crippen LogP contribution < -0.4 is 16.0 Å². The lowest BCUT2D eigenvalue weighted by atomic mass is 10.1. The molecule has 0 spiro atoms. The van der Waals surface area contributed by atoms with Crippen LogP contribution in [0, 0.1) is 0 Å². The van der Waals surface area contributed by atoms with E-state index in [1.807, 2.05) is 0 Å². The van der Waals surface area contributed by atoms with Crippen LogP contribution in [-0.2, 0) is 22.8 Å². The van der Waals surface area contributed by atoms with Gasteiger partial charge in [-0.2, -0.15) is 13.2 Å². The van der Waals surface area contributed by atoms with E-state index in [9.17, 15) is 27.6 Å². The number of carbonyl (C=O) groups excluding carboxylic acids is 3. The number of hydrogen-bond donors (Lipinski definition) is 3. The molecular weight excluding hydrogens is 415 g/mol. The first-order chi connectivity index (χ1) is 14.6. The molecule has 1 aliphatic heterocycles. The summed E-state index contributed by atoms with van der Waals surface area (Å²) in [4.78, 5) is 40.7. The third kappa shape index (κ3) is 3.93. The number of amides is 3. The third-order valence-corrected chi connectivity index (χ3v) is 4.86. The second-order valence-electron chi connectivity index (χ2n) is 7.01. The number of rotatable bonds is 3. The second-order valence-corrected chi connectivity index (χ2v) is 7.01. The van der Waals surface area contributed by atoms with Crippen molar-refractivity contribution in [3.63, 3.8) is 0 Å². The summed E-state index contributed by atoms with van der Waals surface area (Å²) in [5, 5.41) is 7.63. The highest BCUT2D eigenvalue weighted by Crippen LogP contribution is 2.31. The fourth-order valence-electron chi connectivity index (χ4n) is 3.38. The van der Waals surface area contributed by atoms with Crippen molar-refractivity contribution in [2.24, 2.45) is 7.05 Å². The monoisotopic (exact) mass is 431 g/mol. The zero-order valence-electron chi connectivity index (χ0n) is 16.1. The highest BCUT2D eigenvalue weighted by molar-refractivity contribution is 6.11. The van der Waals surface area contributed by atoms with Crippen LogP contribution in [0.4, 0.5) is 24.5 Å². The van der Waals surface area contributed by atoms with Gasteiger partial charge in [-0.1, -0.05) is 12.1 Å². The van der Waals surface area contributed by atoms with Crippen molar-refractivity contribution >= 4 is 40.1 Å². The molecule has 0 aliphatic carbocycles. The third-order valence-electron chi connectivity index (χ3n) is 4.86. The Morgan fingerprint density at radius 1 is 1.19 bits per heavy atom. The van der Waals surface area contributed by atoms with Crippen LogP contribution in [0.15, 0.2) is 42.5 Å². The Kier molecular flexibility index (Phi) is 4.88. The number of hydrogen-bond acceptors (Lipinski definition) is 4. The van der Waals surface area contributed by atoms with Crippen molar-refractivity contribution in [3.05, 3.63) is 53.9 Å². The van der Waals surface area contributed by atoms with Gasteiger partial charge in [0.25, 0.3) is 5.91 Å². The second kappa shape index (κ2) is 7.42. The topological polar surface area (TPSA) is 105 Å². The summed E-state index contributed by atoms with van der Waals surface area (Å²) >= 11 is 0. The molecule has 0 saturated heterocycles. The van der Waals surface area contributed by atoms with E-state index in [4.69, 9.17) is 0 Å². The molecule has 4 rings (SSSR count). The molecule has 1 aliphatic rings. The number of fused-ring (bicyclic) bond motifs is 2. The fraction of sp³-hybridized carbons (Fsp3) is 0.200. The molecule has 1 atom stereocenters. The predicted molar refractivity (Wildman–Crippen MR) is 105 cm³/mol. The standard InChI is InChI=1S/C20H16F3N5O3/c1-28-15-7-6-10(8-13(15)27-19(28)20(21,22)23)24-16(29)9-14-18(31)25-12-5-3-2-4-11(12)17(30)26-14/h2-8,14H,9H2,1H3,(H,24,29)(H,25,31)(H,26,30). The maximum Gasteiger partial charge on any atom is 0.449 e. The Hall–Kier alpha value is -3.89. The van der Waals surface area contributed by atoms with Gasteiger partial charge in [0, 0.05) is 12.7 Å². The highest BCUT2D eigenvalue weighted by Gasteiger charge is 2.36. The van der Waals surface area contributed by atoms with Crippen molar-refractivity contribution < 1.29 is 27.6 Å². The van der Waals surface area contributed by atoms with Gasteiger partial charge in [-0.05, 0) is 30.3 Å². The zero-order chi connectivity index (χ0) is 22.3. The number of aryl methyl sites for hydroxylation is 1. The Labute approximate surface area is 173 Å². The molecule has 160 valence electrons. The van der Waals surface area contributed by atoms with E-state index < -0.39 is 35.8 Å². The lowest BCUT2D eigenvalue weighted by Crippen LogP contribution is -2.43. The van der Waals surface area contributed by atoms with Crippen LogP contribution >= 0.6 is 0 Å². The number of benzene rings is 2. The molecule has 1 aromatic heterocycles. The molecule has 3 aromatic rings. The molecule has 3 N–H and O–H groups in total. The molecule has 31 heavy (non-hydrogen) atoms. The smallest absolute Gasteiger partial charge is 0.340 e. The van der Waals surface area contributed by atoms with E-state index in [2.05, 4.69) is 20.9 Å². The number of imidazole rings is 1. The van der Waals surface area contributed by atoms with Crippen molar-refractivity contribution in [2.75, 3.05) is 10.6 Å². The summed E-state index contributed by atoms with van der Waals surface area (Å²) in [5.74, 6) is -2.70. The van der Waals surface area contributed by atoms with Crippen LogP contribution in [0.2, 0.25) is 0 Å². The van der Waals surface area contributed by atoms with Gasteiger partial charge < -0.3 is 20.5 Å². The van der Waals surface area contributed by atoms with Gasteiger partial charge in [-0.3, -0.25) is 14.4 Å². The molecule has 11 heteroatoms. The molecule has 8 nitrogen and oxygen atoms in total. The number of aromatic nitrogens is 2. The maximum atomic E-state index is 13.0. The largest absolute Gasteiger partial charge is 0.449 e. The Balaban J connectivity index is 1.49. The van der Waals surface area contributed by atoms with Gasteiger partial charge in [0.1, 0.15) is 6.04 Å². The minimum Gasteiger partial charge on any atom is -0.340 e. The van der Waals surface area contributed by atoms with Gasteiger partial charge in [0.15, 0.2) is 0 Å². The quantitative estimate of drug-likeness (QED) is 0.593. The van der Waals surface area contributed by atoms with Gasteiger partial charge in [-0.25, -0.2) is 4.98 Å². The number of para-hydroxylation sites is 1. The molecule has 2 heterocycles. The minimum absolute atomic E-state index is 0.0589. The molecule has 0 saturated carbocycles. The SMILES string of the molecule is Cn1c(C(F)(F)F)nc2cc(NC(=O)CC3NC(=O)c4ccccc4NC3=O)ccc21. The van der Waals surface area contributed by atoms with E-state index in [1.165, 1.54) is 25.2 Å². The van der Waals surface area contributed by atoms with E-state index >= 15 is 0 Å². The van der Waals surface area contributed by atoms with E-state index in [0.29, 0.717) is 5.69 Å². The highest BCUT2D eigenvalue weighted by atomic mass is 19.4. The molecule has 2 aromatic carbocycles.